The summed E-state index contributed by atoms with van der Waals surface area (Å²) in [4.78, 5) is 9.36. The molecule has 2 heterocycles. The molecular weight excluding hydrogens is 414 g/mol. The summed E-state index contributed by atoms with van der Waals surface area (Å²) >= 11 is 0. The zero-order valence-electron chi connectivity index (χ0n) is 15.5. The molecule has 0 unspecified atom stereocenters. The predicted octanol–water partition coefficient (Wildman–Crippen LogP) is 3.34. The van der Waals surface area contributed by atoms with Gasteiger partial charge >= 0.3 is 6.18 Å². The number of piperidine rings is 1. The van der Waals surface area contributed by atoms with Gasteiger partial charge in [0.25, 0.3) is 5.16 Å². The number of alkyl halides is 3. The van der Waals surface area contributed by atoms with Crippen molar-refractivity contribution in [3.8, 4) is 5.88 Å². The summed E-state index contributed by atoms with van der Waals surface area (Å²) in [5.74, 6) is -0.376. The number of rotatable bonds is 5. The van der Waals surface area contributed by atoms with E-state index in [0.29, 0.717) is 25.9 Å². The minimum Gasteiger partial charge on any atom is -0.468 e. The normalized spacial score (nSPS) is 16.1. The fraction of sp³-hybridized carbons (Fsp3) is 0.444. The molecule has 0 radical (unpaired) electrons. The molecule has 1 aromatic heterocycles. The molecule has 0 amide bonds. The van der Waals surface area contributed by atoms with Crippen LogP contribution in [0.3, 0.4) is 0 Å². The molecular formula is C18H19F4N3O3S. The van der Waals surface area contributed by atoms with Crippen LogP contribution >= 0.6 is 0 Å². The Bertz CT molecular complexity index is 957. The highest BCUT2D eigenvalue weighted by Gasteiger charge is 2.30. The van der Waals surface area contributed by atoms with Crippen molar-refractivity contribution >= 4 is 15.7 Å². The summed E-state index contributed by atoms with van der Waals surface area (Å²) < 4.78 is 78.7. The minimum atomic E-state index is -4.58. The lowest BCUT2D eigenvalue weighted by atomic mass is 9.89. The molecule has 29 heavy (non-hydrogen) atoms. The zero-order chi connectivity index (χ0) is 21.2. The second-order valence-electron chi connectivity index (χ2n) is 6.84. The first kappa shape index (κ1) is 21.3. The van der Waals surface area contributed by atoms with E-state index in [9.17, 15) is 26.0 Å². The van der Waals surface area contributed by atoms with Crippen LogP contribution in [0.25, 0.3) is 0 Å². The van der Waals surface area contributed by atoms with Gasteiger partial charge in [0.1, 0.15) is 11.6 Å². The highest BCUT2D eigenvalue weighted by Crippen LogP contribution is 2.31. The van der Waals surface area contributed by atoms with Gasteiger partial charge in [-0.05, 0) is 36.5 Å². The van der Waals surface area contributed by atoms with Gasteiger partial charge in [-0.1, -0.05) is 12.1 Å². The van der Waals surface area contributed by atoms with Crippen molar-refractivity contribution in [2.24, 2.45) is 0 Å². The molecule has 3 rings (SSSR count). The molecule has 2 aromatic rings. The molecule has 1 aliphatic heterocycles. The van der Waals surface area contributed by atoms with Crippen molar-refractivity contribution in [2.45, 2.75) is 30.1 Å². The van der Waals surface area contributed by atoms with Crippen LogP contribution in [-0.4, -0.2) is 50.5 Å². The lowest BCUT2D eigenvalue weighted by Gasteiger charge is -2.33. The van der Waals surface area contributed by atoms with Crippen LogP contribution in [0.2, 0.25) is 0 Å². The average molecular weight is 433 g/mol. The van der Waals surface area contributed by atoms with Gasteiger partial charge in [0, 0.05) is 25.4 Å². The Labute approximate surface area is 165 Å². The molecule has 0 bridgehead atoms. The maximum Gasteiger partial charge on any atom is 0.422 e. The number of aromatic nitrogens is 2. The van der Waals surface area contributed by atoms with Crippen molar-refractivity contribution in [3.63, 3.8) is 0 Å². The number of hydrogen-bond donors (Lipinski definition) is 0. The second-order valence-corrected chi connectivity index (χ2v) is 8.75. The summed E-state index contributed by atoms with van der Waals surface area (Å²) in [6.45, 7) is -0.582. The SMILES string of the molecule is CS(=O)(=O)c1nc(OCC(F)(F)F)cc(N2CCC(c3ccc(F)cc3)CC2)n1. The third-order valence-corrected chi connectivity index (χ3v) is 5.39. The molecule has 1 fully saturated rings. The molecule has 0 spiro atoms. The van der Waals surface area contributed by atoms with Crippen LogP contribution in [0.5, 0.6) is 5.88 Å². The Morgan fingerprint density at radius 1 is 1.14 bits per heavy atom. The number of anilines is 1. The van der Waals surface area contributed by atoms with E-state index < -0.39 is 33.7 Å². The van der Waals surface area contributed by atoms with E-state index in [1.807, 2.05) is 0 Å². The van der Waals surface area contributed by atoms with Crippen molar-refractivity contribution in [3.05, 3.63) is 41.7 Å². The number of hydrogen-bond acceptors (Lipinski definition) is 6. The molecule has 0 atom stereocenters. The van der Waals surface area contributed by atoms with E-state index in [2.05, 4.69) is 14.7 Å². The van der Waals surface area contributed by atoms with Crippen LogP contribution < -0.4 is 9.64 Å². The second kappa shape index (κ2) is 8.13. The molecule has 11 heteroatoms. The molecule has 6 nitrogen and oxygen atoms in total. The molecule has 1 aromatic carbocycles. The average Bonchev–Trinajstić information content (AvgIpc) is 2.66. The smallest absolute Gasteiger partial charge is 0.422 e. The van der Waals surface area contributed by atoms with E-state index in [1.54, 1.807) is 17.0 Å². The molecule has 158 valence electrons. The number of sulfone groups is 1. The third-order valence-electron chi connectivity index (χ3n) is 4.54. The summed E-state index contributed by atoms with van der Waals surface area (Å²) in [5.41, 5.74) is 1.000. The molecule has 1 saturated heterocycles. The Morgan fingerprint density at radius 2 is 1.76 bits per heavy atom. The van der Waals surface area contributed by atoms with E-state index in [4.69, 9.17) is 0 Å². The summed E-state index contributed by atoms with van der Waals surface area (Å²) in [5, 5.41) is -0.590. The van der Waals surface area contributed by atoms with Gasteiger partial charge in [-0.3, -0.25) is 0 Å². The van der Waals surface area contributed by atoms with Crippen LogP contribution in [0.1, 0.15) is 24.3 Å². The Balaban J connectivity index is 1.78. The summed E-state index contributed by atoms with van der Waals surface area (Å²) in [6.07, 6.45) is -2.31. The molecule has 1 aliphatic rings. The van der Waals surface area contributed by atoms with Gasteiger partial charge in [0.2, 0.25) is 15.7 Å². The van der Waals surface area contributed by atoms with Gasteiger partial charge in [0.05, 0.1) is 0 Å². The highest BCUT2D eigenvalue weighted by molar-refractivity contribution is 7.90. The van der Waals surface area contributed by atoms with E-state index in [-0.39, 0.29) is 17.6 Å². The standard InChI is InChI=1S/C18H19F4N3O3S/c1-29(26,27)17-23-15(10-16(24-17)28-11-18(20,21)22)25-8-6-13(7-9-25)12-2-4-14(19)5-3-12/h2-5,10,13H,6-9,11H2,1H3. The first-order valence-electron chi connectivity index (χ1n) is 8.80. The fourth-order valence-electron chi connectivity index (χ4n) is 3.13. The van der Waals surface area contributed by atoms with Gasteiger partial charge in [-0.25, -0.2) is 17.8 Å². The van der Waals surface area contributed by atoms with Gasteiger partial charge in [-0.2, -0.15) is 18.2 Å². The van der Waals surface area contributed by atoms with E-state index in [1.165, 1.54) is 18.2 Å². The number of ether oxygens (including phenoxy) is 1. The number of halogens is 4. The van der Waals surface area contributed by atoms with Crippen molar-refractivity contribution in [1.29, 1.82) is 0 Å². The van der Waals surface area contributed by atoms with E-state index >= 15 is 0 Å². The first-order chi connectivity index (χ1) is 13.5. The van der Waals surface area contributed by atoms with Crippen molar-refractivity contribution in [1.82, 2.24) is 9.97 Å². The largest absolute Gasteiger partial charge is 0.468 e. The number of benzene rings is 1. The Hall–Kier alpha value is -2.43. The van der Waals surface area contributed by atoms with E-state index in [0.717, 1.165) is 11.8 Å². The summed E-state index contributed by atoms with van der Waals surface area (Å²) in [7, 11) is -3.84. The lowest BCUT2D eigenvalue weighted by molar-refractivity contribution is -0.154. The first-order valence-corrected chi connectivity index (χ1v) is 10.7. The maximum absolute atomic E-state index is 13.1. The number of nitrogens with zero attached hydrogens (tertiary/aromatic N) is 3. The third kappa shape index (κ3) is 5.78. The quantitative estimate of drug-likeness (QED) is 0.532. The molecule has 0 saturated carbocycles. The Kier molecular flexibility index (Phi) is 5.97. The maximum atomic E-state index is 13.1. The van der Waals surface area contributed by atoms with Crippen molar-refractivity contribution < 1.29 is 30.7 Å². The molecule has 0 aliphatic carbocycles. The van der Waals surface area contributed by atoms with Gasteiger partial charge < -0.3 is 9.64 Å². The topological polar surface area (TPSA) is 72.4 Å². The van der Waals surface area contributed by atoms with Crippen LogP contribution in [-0.2, 0) is 9.84 Å². The van der Waals surface area contributed by atoms with Gasteiger partial charge in [-0.15, -0.1) is 0 Å². The van der Waals surface area contributed by atoms with Crippen molar-refractivity contribution in [2.75, 3.05) is 30.9 Å². The molecule has 0 N–H and O–H groups in total. The minimum absolute atomic E-state index is 0.190. The highest BCUT2D eigenvalue weighted by atomic mass is 32.2. The zero-order valence-corrected chi connectivity index (χ0v) is 16.3. The van der Waals surface area contributed by atoms with Gasteiger partial charge in [0.15, 0.2) is 6.61 Å². The van der Waals surface area contributed by atoms with Crippen LogP contribution in [0.4, 0.5) is 23.4 Å². The van der Waals surface area contributed by atoms with Crippen LogP contribution in [0, 0.1) is 5.82 Å². The summed E-state index contributed by atoms with van der Waals surface area (Å²) in [6, 6.07) is 7.46. The predicted molar refractivity (Wildman–Crippen MR) is 97.3 cm³/mol. The van der Waals surface area contributed by atoms with Crippen LogP contribution in [0.15, 0.2) is 35.5 Å². The Morgan fingerprint density at radius 3 is 2.31 bits per heavy atom. The lowest BCUT2D eigenvalue weighted by Crippen LogP contribution is -2.34. The fourth-order valence-corrected chi connectivity index (χ4v) is 3.64. The monoisotopic (exact) mass is 433 g/mol.